The van der Waals surface area contributed by atoms with Crippen molar-refractivity contribution in [1.29, 1.82) is 5.26 Å². The molecule has 2 heteroatoms. The lowest BCUT2D eigenvalue weighted by molar-refractivity contribution is -0.693. The Morgan fingerprint density at radius 1 is 1.45 bits per heavy atom. The fourth-order valence-corrected chi connectivity index (χ4v) is 0.908. The van der Waals surface area contributed by atoms with Crippen LogP contribution in [0.1, 0.15) is 12.5 Å². The van der Waals surface area contributed by atoms with E-state index in [0.717, 1.165) is 12.1 Å². The number of pyridine rings is 1. The van der Waals surface area contributed by atoms with Gasteiger partial charge in [0.15, 0.2) is 12.4 Å². The molecule has 0 atom stereocenters. The number of nitriles is 1. The van der Waals surface area contributed by atoms with Crippen LogP contribution in [0.2, 0.25) is 0 Å². The highest BCUT2D eigenvalue weighted by molar-refractivity contribution is 5.11. The highest BCUT2D eigenvalue weighted by Gasteiger charge is 1.95. The molecule has 1 heterocycles. The first-order valence-corrected chi connectivity index (χ1v) is 3.71. The maximum atomic E-state index is 8.39. The summed E-state index contributed by atoms with van der Waals surface area (Å²) in [4.78, 5) is 0. The summed E-state index contributed by atoms with van der Waals surface area (Å²) < 4.78 is 2.07. The summed E-state index contributed by atoms with van der Waals surface area (Å²) >= 11 is 0. The van der Waals surface area contributed by atoms with E-state index in [0.29, 0.717) is 6.42 Å². The molecule has 0 saturated carbocycles. The van der Waals surface area contributed by atoms with E-state index in [1.54, 1.807) is 0 Å². The van der Waals surface area contributed by atoms with E-state index < -0.39 is 0 Å². The average molecular weight is 147 g/mol. The summed E-state index contributed by atoms with van der Waals surface area (Å²) in [6.07, 6.45) is 4.49. The van der Waals surface area contributed by atoms with Gasteiger partial charge >= 0.3 is 0 Å². The molecular weight excluding hydrogens is 136 g/mol. The van der Waals surface area contributed by atoms with Gasteiger partial charge in [-0.3, -0.25) is 0 Å². The van der Waals surface area contributed by atoms with Crippen LogP contribution in [0.15, 0.2) is 24.5 Å². The van der Waals surface area contributed by atoms with Crippen LogP contribution in [0.5, 0.6) is 0 Å². The second-order valence-corrected chi connectivity index (χ2v) is 2.37. The van der Waals surface area contributed by atoms with Gasteiger partial charge in [0.2, 0.25) is 0 Å². The first kappa shape index (κ1) is 7.74. The quantitative estimate of drug-likeness (QED) is 0.575. The number of hydrogen-bond donors (Lipinski definition) is 0. The average Bonchev–Trinajstić information content (AvgIpc) is 2.07. The molecule has 0 aromatic carbocycles. The molecule has 2 nitrogen and oxygen atoms in total. The van der Waals surface area contributed by atoms with Gasteiger partial charge in [-0.15, -0.1) is 0 Å². The van der Waals surface area contributed by atoms with Crippen molar-refractivity contribution in [3.8, 4) is 6.07 Å². The monoisotopic (exact) mass is 147 g/mol. The zero-order chi connectivity index (χ0) is 8.10. The van der Waals surface area contributed by atoms with Gasteiger partial charge in [-0.05, 0) is 12.5 Å². The summed E-state index contributed by atoms with van der Waals surface area (Å²) in [6, 6.07) is 6.07. The third-order valence-electron chi connectivity index (χ3n) is 1.61. The van der Waals surface area contributed by atoms with Crippen molar-refractivity contribution in [3.63, 3.8) is 0 Å². The number of rotatable bonds is 2. The van der Waals surface area contributed by atoms with Gasteiger partial charge in [-0.25, -0.2) is 4.57 Å². The van der Waals surface area contributed by atoms with Gasteiger partial charge in [0.25, 0.3) is 0 Å². The molecule has 1 aromatic rings. The van der Waals surface area contributed by atoms with Crippen molar-refractivity contribution in [2.45, 2.75) is 19.9 Å². The van der Waals surface area contributed by atoms with E-state index in [-0.39, 0.29) is 0 Å². The fourth-order valence-electron chi connectivity index (χ4n) is 0.908. The van der Waals surface area contributed by atoms with E-state index in [4.69, 9.17) is 5.26 Å². The lowest BCUT2D eigenvalue weighted by atomic mass is 10.2. The molecule has 0 unspecified atom stereocenters. The molecule has 0 fully saturated rings. The summed E-state index contributed by atoms with van der Waals surface area (Å²) in [5.74, 6) is 0. The van der Waals surface area contributed by atoms with Gasteiger partial charge in [-0.1, -0.05) is 0 Å². The summed E-state index contributed by atoms with van der Waals surface area (Å²) in [7, 11) is 0. The van der Waals surface area contributed by atoms with Gasteiger partial charge < -0.3 is 0 Å². The number of nitrogens with zero attached hydrogens (tertiary/aromatic N) is 2. The SMILES string of the molecule is CC[n+]1ccc(CC#N)cc1. The minimum Gasteiger partial charge on any atom is -0.205 e. The normalized spacial score (nSPS) is 9.09. The van der Waals surface area contributed by atoms with Crippen molar-refractivity contribution >= 4 is 0 Å². The molecule has 1 aromatic heterocycles. The van der Waals surface area contributed by atoms with E-state index >= 15 is 0 Å². The third kappa shape index (κ3) is 2.05. The van der Waals surface area contributed by atoms with Crippen LogP contribution in [0, 0.1) is 11.3 Å². The summed E-state index contributed by atoms with van der Waals surface area (Å²) in [5, 5.41) is 8.39. The minimum absolute atomic E-state index is 0.505. The molecule has 0 bridgehead atoms. The molecular formula is C9H11N2+. The van der Waals surface area contributed by atoms with Crippen LogP contribution in [-0.2, 0) is 13.0 Å². The Labute approximate surface area is 66.7 Å². The Balaban J connectivity index is 2.76. The van der Waals surface area contributed by atoms with Crippen LogP contribution >= 0.6 is 0 Å². The van der Waals surface area contributed by atoms with E-state index in [9.17, 15) is 0 Å². The maximum Gasteiger partial charge on any atom is 0.169 e. The van der Waals surface area contributed by atoms with Gasteiger partial charge in [0.05, 0.1) is 12.5 Å². The Morgan fingerprint density at radius 2 is 2.09 bits per heavy atom. The standard InChI is InChI=1S/C9H11N2/c1-2-11-7-4-9(3-6-10)5-8-11/h4-5,7-8H,2-3H2,1H3/q+1. The van der Waals surface area contributed by atoms with Crippen molar-refractivity contribution in [2.75, 3.05) is 0 Å². The molecule has 0 spiro atoms. The molecule has 56 valence electrons. The summed E-state index contributed by atoms with van der Waals surface area (Å²) in [5.41, 5.74) is 1.08. The van der Waals surface area contributed by atoms with Crippen molar-refractivity contribution in [1.82, 2.24) is 0 Å². The molecule has 0 radical (unpaired) electrons. The van der Waals surface area contributed by atoms with Crippen molar-refractivity contribution < 1.29 is 4.57 Å². The van der Waals surface area contributed by atoms with Crippen molar-refractivity contribution in [2.24, 2.45) is 0 Å². The van der Waals surface area contributed by atoms with Gasteiger partial charge in [0.1, 0.15) is 6.54 Å². The van der Waals surface area contributed by atoms with Crippen LogP contribution in [0.25, 0.3) is 0 Å². The highest BCUT2D eigenvalue weighted by Crippen LogP contribution is 1.94. The van der Waals surface area contributed by atoms with E-state index in [1.807, 2.05) is 24.5 Å². The molecule has 0 aliphatic rings. The van der Waals surface area contributed by atoms with Crippen LogP contribution in [0.4, 0.5) is 0 Å². The molecule has 0 aliphatic carbocycles. The van der Waals surface area contributed by atoms with Crippen LogP contribution < -0.4 is 4.57 Å². The lowest BCUT2D eigenvalue weighted by Gasteiger charge is -1.92. The van der Waals surface area contributed by atoms with Crippen LogP contribution in [-0.4, -0.2) is 0 Å². The second-order valence-electron chi connectivity index (χ2n) is 2.37. The fraction of sp³-hybridized carbons (Fsp3) is 0.333. The molecule has 1 rings (SSSR count). The first-order valence-electron chi connectivity index (χ1n) is 3.71. The second kappa shape index (κ2) is 3.72. The minimum atomic E-state index is 0.505. The van der Waals surface area contributed by atoms with Crippen molar-refractivity contribution in [3.05, 3.63) is 30.1 Å². The Bertz CT molecular complexity index is 256. The molecule has 11 heavy (non-hydrogen) atoms. The van der Waals surface area contributed by atoms with E-state index in [2.05, 4.69) is 17.6 Å². The number of aromatic nitrogens is 1. The molecule has 0 N–H and O–H groups in total. The lowest BCUT2D eigenvalue weighted by Crippen LogP contribution is -2.30. The van der Waals surface area contributed by atoms with Gasteiger partial charge in [0, 0.05) is 12.1 Å². The largest absolute Gasteiger partial charge is 0.205 e. The predicted molar refractivity (Wildman–Crippen MR) is 41.6 cm³/mol. The predicted octanol–water partition coefficient (Wildman–Crippen LogP) is 1.06. The maximum absolute atomic E-state index is 8.39. The number of aryl methyl sites for hydroxylation is 1. The zero-order valence-corrected chi connectivity index (χ0v) is 6.62. The Kier molecular flexibility index (Phi) is 2.62. The Morgan fingerprint density at radius 3 is 2.55 bits per heavy atom. The third-order valence-corrected chi connectivity index (χ3v) is 1.61. The Hall–Kier alpha value is -1.36. The molecule has 0 aliphatic heterocycles. The van der Waals surface area contributed by atoms with Gasteiger partial charge in [-0.2, -0.15) is 5.26 Å². The van der Waals surface area contributed by atoms with E-state index in [1.165, 1.54) is 0 Å². The first-order chi connectivity index (χ1) is 5.36. The molecule has 0 amide bonds. The molecule has 0 saturated heterocycles. The zero-order valence-electron chi connectivity index (χ0n) is 6.62. The topological polar surface area (TPSA) is 27.7 Å². The highest BCUT2D eigenvalue weighted by atomic mass is 14.9. The summed E-state index contributed by atoms with van der Waals surface area (Å²) in [6.45, 7) is 3.07. The number of hydrogen-bond acceptors (Lipinski definition) is 1. The van der Waals surface area contributed by atoms with Crippen LogP contribution in [0.3, 0.4) is 0 Å². The smallest absolute Gasteiger partial charge is 0.169 e.